The first-order valence-electron chi connectivity index (χ1n) is 11.9. The summed E-state index contributed by atoms with van der Waals surface area (Å²) in [7, 11) is 3.91. The van der Waals surface area contributed by atoms with Gasteiger partial charge in [0.2, 0.25) is 11.8 Å². The molecule has 2 rings (SSSR count). The number of rotatable bonds is 21. The molecule has 2 heterocycles. The summed E-state index contributed by atoms with van der Waals surface area (Å²) < 4.78 is 13.2. The van der Waals surface area contributed by atoms with Gasteiger partial charge in [-0.25, -0.2) is 9.97 Å². The van der Waals surface area contributed by atoms with Crippen LogP contribution in [0.2, 0.25) is 0 Å². The second-order valence-corrected chi connectivity index (χ2v) is 12.0. The van der Waals surface area contributed by atoms with Gasteiger partial charge < -0.3 is 20.1 Å². The van der Waals surface area contributed by atoms with Crippen molar-refractivity contribution in [3.05, 3.63) is 45.6 Å². The van der Waals surface area contributed by atoms with Crippen LogP contribution in [0.3, 0.4) is 0 Å². The zero-order chi connectivity index (χ0) is 24.1. The van der Waals surface area contributed by atoms with Crippen molar-refractivity contribution in [2.75, 3.05) is 50.9 Å². The first-order chi connectivity index (χ1) is 16.8. The second-order valence-electron chi connectivity index (χ2n) is 7.54. The molecule has 0 radical (unpaired) electrons. The van der Waals surface area contributed by atoms with Gasteiger partial charge in [-0.05, 0) is 108 Å². The fourth-order valence-corrected chi connectivity index (χ4v) is 5.58. The van der Waals surface area contributed by atoms with Crippen LogP contribution in [0.15, 0.2) is 45.6 Å². The van der Waals surface area contributed by atoms with Gasteiger partial charge in [0.1, 0.15) is 0 Å². The molecule has 0 bridgehead atoms. The molecule has 0 fully saturated rings. The third-order valence-electron chi connectivity index (χ3n) is 4.73. The Kier molecular flexibility index (Phi) is 18.0. The zero-order valence-electron chi connectivity index (χ0n) is 19.6. The fraction of sp³-hybridized carbons (Fsp3) is 0.583. The molecule has 0 unspecified atom stereocenters. The summed E-state index contributed by atoms with van der Waals surface area (Å²) in [5, 5.41) is 7.05. The standard InChI is InChI=1S/C24H36Br2N4O2S2/c25-21-9-7-13-29-23(21)31-17-5-1-3-11-27-15-19-33-34-20-16-28-12-4-2-6-18-32-24-22(26)10-8-14-30-24/h7-10,13-14,27-28H,1-6,11-12,15-20H2. The Bertz CT molecular complexity index is 714. The Morgan fingerprint density at radius 3 is 1.56 bits per heavy atom. The lowest BCUT2D eigenvalue weighted by molar-refractivity contribution is 0.291. The molecule has 2 N–H and O–H groups in total. The van der Waals surface area contributed by atoms with E-state index in [2.05, 4.69) is 52.5 Å². The molecule has 0 aliphatic heterocycles. The molecule has 10 heteroatoms. The van der Waals surface area contributed by atoms with E-state index >= 15 is 0 Å². The van der Waals surface area contributed by atoms with E-state index in [-0.39, 0.29) is 0 Å². The highest BCUT2D eigenvalue weighted by molar-refractivity contribution is 9.10. The van der Waals surface area contributed by atoms with Gasteiger partial charge in [0.05, 0.1) is 22.2 Å². The molecule has 0 spiro atoms. The van der Waals surface area contributed by atoms with Gasteiger partial charge in [0.15, 0.2) is 0 Å². The summed E-state index contributed by atoms with van der Waals surface area (Å²) >= 11 is 6.90. The molecule has 34 heavy (non-hydrogen) atoms. The van der Waals surface area contributed by atoms with E-state index in [0.717, 1.165) is 59.5 Å². The highest BCUT2D eigenvalue weighted by Gasteiger charge is 2.01. The van der Waals surface area contributed by atoms with Crippen LogP contribution in [0.4, 0.5) is 0 Å². The predicted molar refractivity (Wildman–Crippen MR) is 153 cm³/mol. The minimum absolute atomic E-state index is 0.682. The van der Waals surface area contributed by atoms with Crippen LogP contribution in [0.25, 0.3) is 0 Å². The molecule has 6 nitrogen and oxygen atoms in total. The lowest BCUT2D eigenvalue weighted by Gasteiger charge is -2.08. The fourth-order valence-electron chi connectivity index (χ4n) is 2.95. The molecule has 0 aliphatic carbocycles. The number of unbranched alkanes of at least 4 members (excludes halogenated alkanes) is 4. The third kappa shape index (κ3) is 14.8. The molecule has 0 aliphatic rings. The van der Waals surface area contributed by atoms with Crippen molar-refractivity contribution in [1.29, 1.82) is 0 Å². The maximum Gasteiger partial charge on any atom is 0.227 e. The number of aromatic nitrogens is 2. The molecule has 190 valence electrons. The van der Waals surface area contributed by atoms with Gasteiger partial charge in [0.25, 0.3) is 0 Å². The monoisotopic (exact) mass is 634 g/mol. The second kappa shape index (κ2) is 20.7. The summed E-state index contributed by atoms with van der Waals surface area (Å²) in [6, 6.07) is 7.68. The van der Waals surface area contributed by atoms with Crippen LogP contribution in [0.1, 0.15) is 38.5 Å². The van der Waals surface area contributed by atoms with Crippen LogP contribution in [-0.2, 0) is 0 Å². The van der Waals surface area contributed by atoms with Crippen LogP contribution >= 0.6 is 53.4 Å². The van der Waals surface area contributed by atoms with Crippen molar-refractivity contribution < 1.29 is 9.47 Å². The number of nitrogens with one attached hydrogen (secondary N) is 2. The average molecular weight is 637 g/mol. The van der Waals surface area contributed by atoms with E-state index in [0.29, 0.717) is 25.0 Å². The van der Waals surface area contributed by atoms with Gasteiger partial charge >= 0.3 is 0 Å². The Hall–Kier alpha value is -0.520. The Morgan fingerprint density at radius 2 is 1.12 bits per heavy atom. The first kappa shape index (κ1) is 29.7. The lowest BCUT2D eigenvalue weighted by Crippen LogP contribution is -2.19. The Labute approximate surface area is 229 Å². The molecule has 0 aromatic carbocycles. The number of halogens is 2. The molecule has 0 atom stereocenters. The maximum atomic E-state index is 5.69. The molecule has 2 aromatic rings. The number of pyridine rings is 2. The summed E-state index contributed by atoms with van der Waals surface area (Å²) in [6.07, 6.45) is 10.3. The van der Waals surface area contributed by atoms with Gasteiger partial charge in [-0.3, -0.25) is 0 Å². The third-order valence-corrected chi connectivity index (χ3v) is 8.35. The van der Waals surface area contributed by atoms with E-state index in [1.807, 2.05) is 45.9 Å². The SMILES string of the molecule is Brc1cccnc1OCCCCCNCCSSCCNCCCCCOc1ncccc1Br. The molecule has 2 aromatic heterocycles. The van der Waals surface area contributed by atoms with E-state index in [4.69, 9.17) is 9.47 Å². The topological polar surface area (TPSA) is 68.3 Å². The molecular weight excluding hydrogens is 600 g/mol. The Balaban J connectivity index is 1.24. The molecular formula is C24H36Br2N4O2S2. The molecule has 0 saturated heterocycles. The van der Waals surface area contributed by atoms with Crippen molar-refractivity contribution >= 4 is 53.4 Å². The van der Waals surface area contributed by atoms with Crippen molar-refractivity contribution in [1.82, 2.24) is 20.6 Å². The normalized spacial score (nSPS) is 11.0. The van der Waals surface area contributed by atoms with Gasteiger partial charge in [-0.2, -0.15) is 0 Å². The van der Waals surface area contributed by atoms with Gasteiger partial charge in [0, 0.05) is 37.0 Å². The van der Waals surface area contributed by atoms with Crippen LogP contribution in [0, 0.1) is 0 Å². The lowest BCUT2D eigenvalue weighted by atomic mass is 10.2. The van der Waals surface area contributed by atoms with E-state index in [1.165, 1.54) is 25.7 Å². The van der Waals surface area contributed by atoms with E-state index in [1.54, 1.807) is 12.4 Å². The summed E-state index contributed by atoms with van der Waals surface area (Å²) in [4.78, 5) is 8.42. The van der Waals surface area contributed by atoms with Gasteiger partial charge in [-0.1, -0.05) is 21.6 Å². The van der Waals surface area contributed by atoms with Crippen molar-refractivity contribution in [2.45, 2.75) is 38.5 Å². The summed E-state index contributed by atoms with van der Waals surface area (Å²) in [5.74, 6) is 3.66. The molecule has 0 amide bonds. The van der Waals surface area contributed by atoms with Crippen molar-refractivity contribution in [2.24, 2.45) is 0 Å². The van der Waals surface area contributed by atoms with Crippen molar-refractivity contribution in [3.8, 4) is 11.8 Å². The minimum atomic E-state index is 0.682. The zero-order valence-corrected chi connectivity index (χ0v) is 24.5. The number of hydrogen-bond acceptors (Lipinski definition) is 8. The smallest absolute Gasteiger partial charge is 0.227 e. The summed E-state index contributed by atoms with van der Waals surface area (Å²) in [5.41, 5.74) is 0. The van der Waals surface area contributed by atoms with E-state index < -0.39 is 0 Å². The van der Waals surface area contributed by atoms with Crippen LogP contribution in [-0.4, -0.2) is 60.9 Å². The number of ether oxygens (including phenoxy) is 2. The quantitative estimate of drug-likeness (QED) is 0.121. The maximum absolute atomic E-state index is 5.69. The highest BCUT2D eigenvalue weighted by atomic mass is 79.9. The summed E-state index contributed by atoms with van der Waals surface area (Å²) in [6.45, 7) is 5.72. The largest absolute Gasteiger partial charge is 0.477 e. The predicted octanol–water partition coefficient (Wildman–Crippen LogP) is 6.36. The number of hydrogen-bond donors (Lipinski definition) is 2. The average Bonchev–Trinajstić information content (AvgIpc) is 2.85. The van der Waals surface area contributed by atoms with E-state index in [9.17, 15) is 0 Å². The molecule has 0 saturated carbocycles. The van der Waals surface area contributed by atoms with Crippen molar-refractivity contribution in [3.63, 3.8) is 0 Å². The minimum Gasteiger partial charge on any atom is -0.477 e. The number of nitrogens with zero attached hydrogens (tertiary/aromatic N) is 2. The Morgan fingerprint density at radius 1 is 0.647 bits per heavy atom. The van der Waals surface area contributed by atoms with Gasteiger partial charge in [-0.15, -0.1) is 0 Å². The van der Waals surface area contributed by atoms with Crippen LogP contribution in [0.5, 0.6) is 11.8 Å². The highest BCUT2D eigenvalue weighted by Crippen LogP contribution is 2.22. The van der Waals surface area contributed by atoms with Crippen LogP contribution < -0.4 is 20.1 Å². The first-order valence-corrected chi connectivity index (χ1v) is 16.0.